The Morgan fingerprint density at radius 1 is 1.28 bits per heavy atom. The molecule has 25 heavy (non-hydrogen) atoms. The molecule has 0 saturated heterocycles. The summed E-state index contributed by atoms with van der Waals surface area (Å²) in [5, 5.41) is 0. The minimum Gasteiger partial charge on any atom is -0.398 e. The molecule has 0 bridgehead atoms. The van der Waals surface area contributed by atoms with E-state index in [0.29, 0.717) is 5.92 Å². The monoisotopic (exact) mass is 350 g/mol. The van der Waals surface area contributed by atoms with Crippen LogP contribution in [0.1, 0.15) is 47.5 Å². The Hall–Kier alpha value is -2.40. The van der Waals surface area contributed by atoms with Crippen LogP contribution in [0.5, 0.6) is 0 Å². The lowest BCUT2D eigenvalue weighted by Gasteiger charge is -2.37. The lowest BCUT2D eigenvalue weighted by molar-refractivity contribution is 0.654. The predicted octanol–water partition coefficient (Wildman–Crippen LogP) is 4.40. The van der Waals surface area contributed by atoms with Crippen molar-refractivity contribution in [3.05, 3.63) is 69.9 Å². The van der Waals surface area contributed by atoms with Crippen LogP contribution in [0.25, 0.3) is 0 Å². The molecule has 2 aromatic heterocycles. The number of hydrogen-bond donors (Lipinski definition) is 1. The molecule has 128 valence electrons. The molecular weight excluding hydrogens is 328 g/mol. The fourth-order valence-corrected chi connectivity index (χ4v) is 4.45. The lowest BCUT2D eigenvalue weighted by Crippen LogP contribution is -2.36. The third kappa shape index (κ3) is 2.89. The maximum Gasteiger partial charge on any atom is 0.0927 e. The second-order valence-electron chi connectivity index (χ2n) is 6.76. The van der Waals surface area contributed by atoms with E-state index in [-0.39, 0.29) is 6.04 Å². The van der Waals surface area contributed by atoms with E-state index < -0.39 is 0 Å². The fourth-order valence-electron chi connectivity index (χ4n) is 3.49. The number of anilines is 2. The Labute approximate surface area is 152 Å². The van der Waals surface area contributed by atoms with Crippen LogP contribution >= 0.6 is 11.3 Å². The van der Waals surface area contributed by atoms with Crippen LogP contribution < -0.4 is 10.6 Å². The number of nitrogen functional groups attached to an aromatic ring is 1. The van der Waals surface area contributed by atoms with Crippen LogP contribution in [0, 0.1) is 0 Å². The summed E-state index contributed by atoms with van der Waals surface area (Å²) in [7, 11) is 0. The molecule has 4 nitrogen and oxygen atoms in total. The van der Waals surface area contributed by atoms with Crippen LogP contribution in [-0.2, 0) is 6.42 Å². The number of aromatic nitrogens is 2. The van der Waals surface area contributed by atoms with E-state index in [1.165, 1.54) is 21.7 Å². The maximum atomic E-state index is 6.43. The first-order valence-electron chi connectivity index (χ1n) is 8.63. The van der Waals surface area contributed by atoms with Gasteiger partial charge >= 0.3 is 0 Å². The molecule has 1 unspecified atom stereocenters. The summed E-state index contributed by atoms with van der Waals surface area (Å²) in [5.41, 5.74) is 14.0. The summed E-state index contributed by atoms with van der Waals surface area (Å²) in [4.78, 5) is 12.6. The number of rotatable bonds is 3. The third-order valence-corrected chi connectivity index (χ3v) is 5.80. The van der Waals surface area contributed by atoms with Gasteiger partial charge in [-0.05, 0) is 29.7 Å². The second-order valence-corrected chi connectivity index (χ2v) is 7.65. The molecular formula is C20H22N4S. The summed E-state index contributed by atoms with van der Waals surface area (Å²) >= 11 is 1.72. The lowest BCUT2D eigenvalue weighted by atomic mass is 9.92. The number of nitrogens with zero attached hydrogens (tertiary/aromatic N) is 3. The highest BCUT2D eigenvalue weighted by Crippen LogP contribution is 2.42. The zero-order valence-corrected chi connectivity index (χ0v) is 15.3. The van der Waals surface area contributed by atoms with Gasteiger partial charge < -0.3 is 10.6 Å². The SMILES string of the molecule is CC(C)c1ccc(N)c(C2c3scnc3CCN2c2cccnc2)c1. The quantitative estimate of drug-likeness (QED) is 0.712. The largest absolute Gasteiger partial charge is 0.398 e. The van der Waals surface area contributed by atoms with Crippen LogP contribution in [0.2, 0.25) is 0 Å². The fraction of sp³-hybridized carbons (Fsp3) is 0.300. The van der Waals surface area contributed by atoms with Gasteiger partial charge in [0.05, 0.1) is 34.0 Å². The first kappa shape index (κ1) is 16.1. The normalized spacial score (nSPS) is 16.9. The van der Waals surface area contributed by atoms with Gasteiger partial charge in [0.1, 0.15) is 0 Å². The minimum absolute atomic E-state index is 0.0964. The summed E-state index contributed by atoms with van der Waals surface area (Å²) in [6.45, 7) is 5.35. The summed E-state index contributed by atoms with van der Waals surface area (Å²) in [6, 6.07) is 10.6. The molecule has 2 N–H and O–H groups in total. The maximum absolute atomic E-state index is 6.43. The van der Waals surface area contributed by atoms with Crippen molar-refractivity contribution >= 4 is 22.7 Å². The number of benzene rings is 1. The number of hydrogen-bond acceptors (Lipinski definition) is 5. The topological polar surface area (TPSA) is 55.0 Å². The number of nitrogens with two attached hydrogens (primary N) is 1. The Bertz CT molecular complexity index is 872. The molecule has 0 spiro atoms. The average molecular weight is 350 g/mol. The third-order valence-electron chi connectivity index (χ3n) is 4.87. The van der Waals surface area contributed by atoms with E-state index in [1.54, 1.807) is 11.3 Å². The van der Waals surface area contributed by atoms with Crippen LogP contribution in [-0.4, -0.2) is 16.5 Å². The highest BCUT2D eigenvalue weighted by atomic mass is 32.1. The number of fused-ring (bicyclic) bond motifs is 1. The number of thiazole rings is 1. The van der Waals surface area contributed by atoms with E-state index in [2.05, 4.69) is 46.9 Å². The Kier molecular flexibility index (Phi) is 4.17. The molecule has 3 heterocycles. The van der Waals surface area contributed by atoms with Gasteiger partial charge in [-0.1, -0.05) is 26.0 Å². The first-order chi connectivity index (χ1) is 12.1. The summed E-state index contributed by atoms with van der Waals surface area (Å²) < 4.78 is 0. The van der Waals surface area contributed by atoms with Crippen LogP contribution in [0.4, 0.5) is 11.4 Å². The van der Waals surface area contributed by atoms with Crippen molar-refractivity contribution < 1.29 is 0 Å². The second kappa shape index (κ2) is 6.48. The van der Waals surface area contributed by atoms with Gasteiger partial charge in [-0.25, -0.2) is 4.98 Å². The molecule has 0 fully saturated rings. The molecule has 0 saturated carbocycles. The smallest absolute Gasteiger partial charge is 0.0927 e. The summed E-state index contributed by atoms with van der Waals surface area (Å²) in [6.07, 6.45) is 4.70. The van der Waals surface area contributed by atoms with Gasteiger partial charge in [0, 0.05) is 30.4 Å². The highest BCUT2D eigenvalue weighted by molar-refractivity contribution is 7.09. The van der Waals surface area contributed by atoms with Gasteiger partial charge in [-0.3, -0.25) is 4.98 Å². The molecule has 0 amide bonds. The minimum atomic E-state index is 0.0964. The van der Waals surface area contributed by atoms with Gasteiger partial charge in [-0.2, -0.15) is 0 Å². The molecule has 4 rings (SSSR count). The zero-order valence-electron chi connectivity index (χ0n) is 14.5. The van der Waals surface area contributed by atoms with E-state index in [4.69, 9.17) is 5.73 Å². The van der Waals surface area contributed by atoms with Crippen LogP contribution in [0.3, 0.4) is 0 Å². The molecule has 1 aliphatic rings. The van der Waals surface area contributed by atoms with Crippen molar-refractivity contribution in [2.75, 3.05) is 17.2 Å². The van der Waals surface area contributed by atoms with Crippen molar-refractivity contribution in [3.63, 3.8) is 0 Å². The van der Waals surface area contributed by atoms with E-state index in [0.717, 1.165) is 24.3 Å². The van der Waals surface area contributed by atoms with Crippen molar-refractivity contribution in [1.29, 1.82) is 0 Å². The Morgan fingerprint density at radius 3 is 2.92 bits per heavy atom. The van der Waals surface area contributed by atoms with Gasteiger partial charge in [0.25, 0.3) is 0 Å². The van der Waals surface area contributed by atoms with Crippen molar-refractivity contribution in [3.8, 4) is 0 Å². The molecule has 5 heteroatoms. The molecule has 0 aliphatic carbocycles. The van der Waals surface area contributed by atoms with Crippen molar-refractivity contribution in [2.45, 2.75) is 32.2 Å². The standard InChI is InChI=1S/C20H22N4S/c1-13(2)14-5-6-17(21)16(10-14)19-20-18(23-12-25-20)7-9-24(19)15-4-3-8-22-11-15/h3-6,8,10-13,19H,7,9,21H2,1-2H3. The molecule has 1 aromatic carbocycles. The van der Waals surface area contributed by atoms with Gasteiger partial charge in [0.15, 0.2) is 0 Å². The molecule has 3 aromatic rings. The first-order valence-corrected chi connectivity index (χ1v) is 9.51. The van der Waals surface area contributed by atoms with Crippen molar-refractivity contribution in [1.82, 2.24) is 9.97 Å². The van der Waals surface area contributed by atoms with Crippen LogP contribution in [0.15, 0.2) is 48.2 Å². The number of pyridine rings is 1. The molecule has 1 atom stereocenters. The Morgan fingerprint density at radius 2 is 2.16 bits per heavy atom. The molecule has 1 aliphatic heterocycles. The van der Waals surface area contributed by atoms with E-state index in [9.17, 15) is 0 Å². The van der Waals surface area contributed by atoms with Gasteiger partial charge in [0.2, 0.25) is 0 Å². The average Bonchev–Trinajstić information content (AvgIpc) is 3.11. The van der Waals surface area contributed by atoms with E-state index in [1.807, 2.05) is 30.0 Å². The van der Waals surface area contributed by atoms with Crippen molar-refractivity contribution in [2.24, 2.45) is 0 Å². The predicted molar refractivity (Wildman–Crippen MR) is 104 cm³/mol. The highest BCUT2D eigenvalue weighted by Gasteiger charge is 2.32. The zero-order chi connectivity index (χ0) is 17.4. The summed E-state index contributed by atoms with van der Waals surface area (Å²) in [5.74, 6) is 0.468. The van der Waals surface area contributed by atoms with E-state index >= 15 is 0 Å². The Balaban J connectivity index is 1.88. The molecule has 0 radical (unpaired) electrons. The van der Waals surface area contributed by atoms with Gasteiger partial charge in [-0.15, -0.1) is 11.3 Å².